The second-order valence-electron chi connectivity index (χ2n) is 4.80. The van der Waals surface area contributed by atoms with Crippen LogP contribution in [0, 0.1) is 0 Å². The van der Waals surface area contributed by atoms with Gasteiger partial charge >= 0.3 is 0 Å². The van der Waals surface area contributed by atoms with E-state index in [1.807, 2.05) is 0 Å². The molecule has 9 heteroatoms. The highest BCUT2D eigenvalue weighted by Crippen LogP contribution is 2.18. The average Bonchev–Trinajstić information content (AvgIpc) is 2.82. The van der Waals surface area contributed by atoms with Crippen LogP contribution in [0.15, 0.2) is 21.6 Å². The molecule has 0 saturated carbocycles. The van der Waals surface area contributed by atoms with E-state index in [0.29, 0.717) is 25.1 Å². The molecule has 1 saturated heterocycles. The maximum absolute atomic E-state index is 12.1. The van der Waals surface area contributed by atoms with E-state index in [1.165, 1.54) is 6.07 Å². The van der Waals surface area contributed by atoms with E-state index in [0.717, 1.165) is 0 Å². The molecule has 7 nitrogen and oxygen atoms in total. The largest absolute Gasteiger partial charge is 0.447 e. The van der Waals surface area contributed by atoms with E-state index in [2.05, 4.69) is 10.0 Å². The van der Waals surface area contributed by atoms with Crippen LogP contribution in [0.4, 0.5) is 0 Å². The molecule has 2 heterocycles. The van der Waals surface area contributed by atoms with Gasteiger partial charge in [-0.05, 0) is 32.0 Å². The van der Waals surface area contributed by atoms with E-state index in [4.69, 9.17) is 4.42 Å². The lowest BCUT2D eigenvalue weighted by molar-refractivity contribution is 0.400. The standard InChI is InChI=1S/C11H18N2O5S2/c1-12-8-10-2-3-11(18-10)20(16,17)13-9-4-6-19(14,15)7-5-9/h2-3,9,12-13H,4-8H2,1H3. The van der Waals surface area contributed by atoms with Crippen molar-refractivity contribution in [1.82, 2.24) is 10.0 Å². The molecule has 2 rings (SSSR count). The van der Waals surface area contributed by atoms with Crippen molar-refractivity contribution in [2.45, 2.75) is 30.5 Å². The maximum Gasteiger partial charge on any atom is 0.274 e. The van der Waals surface area contributed by atoms with Gasteiger partial charge in [0, 0.05) is 6.04 Å². The highest BCUT2D eigenvalue weighted by atomic mass is 32.2. The summed E-state index contributed by atoms with van der Waals surface area (Å²) >= 11 is 0. The van der Waals surface area contributed by atoms with Gasteiger partial charge in [-0.2, -0.15) is 0 Å². The lowest BCUT2D eigenvalue weighted by atomic mass is 10.2. The number of sulfone groups is 1. The molecule has 0 radical (unpaired) electrons. The molecular formula is C11H18N2O5S2. The third kappa shape index (κ3) is 3.81. The molecule has 0 unspecified atom stereocenters. The zero-order valence-corrected chi connectivity index (χ0v) is 12.8. The van der Waals surface area contributed by atoms with Gasteiger partial charge in [0.15, 0.2) is 0 Å². The molecule has 20 heavy (non-hydrogen) atoms. The second kappa shape index (κ2) is 5.84. The molecule has 1 fully saturated rings. The smallest absolute Gasteiger partial charge is 0.274 e. The molecule has 0 spiro atoms. The SMILES string of the molecule is CNCc1ccc(S(=O)(=O)NC2CCS(=O)(=O)CC2)o1. The van der Waals surface area contributed by atoms with Gasteiger partial charge in [-0.1, -0.05) is 0 Å². The highest BCUT2D eigenvalue weighted by molar-refractivity contribution is 7.91. The summed E-state index contributed by atoms with van der Waals surface area (Å²) in [6.07, 6.45) is 0.595. The number of rotatable bonds is 5. The number of hydrogen-bond donors (Lipinski definition) is 2. The van der Waals surface area contributed by atoms with Gasteiger partial charge in [-0.15, -0.1) is 0 Å². The Balaban J connectivity index is 2.03. The summed E-state index contributed by atoms with van der Waals surface area (Å²) in [7, 11) is -5.01. The Kier molecular flexibility index (Phi) is 4.52. The van der Waals surface area contributed by atoms with Crippen LogP contribution < -0.4 is 10.0 Å². The monoisotopic (exact) mass is 322 g/mol. The van der Waals surface area contributed by atoms with Gasteiger partial charge in [0.1, 0.15) is 15.6 Å². The van der Waals surface area contributed by atoms with Crippen molar-refractivity contribution < 1.29 is 21.3 Å². The van der Waals surface area contributed by atoms with Crippen LogP contribution in [0.25, 0.3) is 0 Å². The van der Waals surface area contributed by atoms with Crippen LogP contribution in [0.2, 0.25) is 0 Å². The van der Waals surface area contributed by atoms with Crippen molar-refractivity contribution >= 4 is 19.9 Å². The van der Waals surface area contributed by atoms with Crippen LogP contribution >= 0.6 is 0 Å². The topological polar surface area (TPSA) is 105 Å². The van der Waals surface area contributed by atoms with Crippen molar-refractivity contribution in [3.63, 3.8) is 0 Å². The Morgan fingerprint density at radius 2 is 1.95 bits per heavy atom. The van der Waals surface area contributed by atoms with E-state index in [9.17, 15) is 16.8 Å². The first-order valence-electron chi connectivity index (χ1n) is 6.28. The minimum Gasteiger partial charge on any atom is -0.447 e. The Bertz CT molecular complexity index is 649. The fraction of sp³-hybridized carbons (Fsp3) is 0.636. The summed E-state index contributed by atoms with van der Waals surface area (Å²) in [5.74, 6) is 0.561. The minimum atomic E-state index is -3.73. The predicted octanol–water partition coefficient (Wildman–Crippen LogP) is -0.145. The van der Waals surface area contributed by atoms with Crippen molar-refractivity contribution in [1.29, 1.82) is 0 Å². The summed E-state index contributed by atoms with van der Waals surface area (Å²) in [5.41, 5.74) is 0. The lowest BCUT2D eigenvalue weighted by Crippen LogP contribution is -2.40. The molecule has 0 aliphatic carbocycles. The summed E-state index contributed by atoms with van der Waals surface area (Å²) in [4.78, 5) is 0. The molecule has 1 aromatic heterocycles. The normalized spacial score (nSPS) is 20.1. The predicted molar refractivity (Wildman–Crippen MR) is 73.5 cm³/mol. The van der Waals surface area contributed by atoms with Crippen molar-refractivity contribution in [3.8, 4) is 0 Å². The Labute approximate surface area is 118 Å². The summed E-state index contributed by atoms with van der Waals surface area (Å²) < 4.78 is 54.6. The molecule has 1 aromatic rings. The molecular weight excluding hydrogens is 304 g/mol. The average molecular weight is 322 g/mol. The number of hydrogen-bond acceptors (Lipinski definition) is 6. The number of nitrogens with one attached hydrogen (secondary N) is 2. The Morgan fingerprint density at radius 3 is 2.55 bits per heavy atom. The minimum absolute atomic E-state index is 0.0172. The highest BCUT2D eigenvalue weighted by Gasteiger charge is 2.28. The van der Waals surface area contributed by atoms with Crippen LogP contribution in [-0.2, 0) is 26.4 Å². The quantitative estimate of drug-likeness (QED) is 0.781. The fourth-order valence-electron chi connectivity index (χ4n) is 2.06. The molecule has 114 valence electrons. The van der Waals surface area contributed by atoms with E-state index < -0.39 is 19.9 Å². The van der Waals surface area contributed by atoms with Crippen LogP contribution in [0.3, 0.4) is 0 Å². The molecule has 2 N–H and O–H groups in total. The molecule has 0 amide bonds. The molecule has 1 aliphatic heterocycles. The van der Waals surface area contributed by atoms with Gasteiger partial charge in [0.25, 0.3) is 10.0 Å². The molecule has 0 aromatic carbocycles. The summed E-state index contributed by atoms with van der Waals surface area (Å²) in [6.45, 7) is 0.442. The molecule has 0 atom stereocenters. The van der Waals surface area contributed by atoms with E-state index >= 15 is 0 Å². The van der Waals surface area contributed by atoms with Crippen LogP contribution in [0.1, 0.15) is 18.6 Å². The number of sulfonamides is 1. The first-order chi connectivity index (χ1) is 9.32. The first kappa shape index (κ1) is 15.5. The van der Waals surface area contributed by atoms with Gasteiger partial charge in [0.05, 0.1) is 18.1 Å². The van der Waals surface area contributed by atoms with Crippen molar-refractivity contribution in [2.75, 3.05) is 18.6 Å². The van der Waals surface area contributed by atoms with Crippen LogP contribution in [0.5, 0.6) is 0 Å². The van der Waals surface area contributed by atoms with E-state index in [-0.39, 0.29) is 22.6 Å². The van der Waals surface area contributed by atoms with Gasteiger partial charge in [-0.3, -0.25) is 0 Å². The summed E-state index contributed by atoms with van der Waals surface area (Å²) in [6, 6.07) is 2.63. The second-order valence-corrected chi connectivity index (χ2v) is 8.75. The fourth-order valence-corrected chi connectivity index (χ4v) is 4.80. The zero-order chi connectivity index (χ0) is 14.8. The summed E-state index contributed by atoms with van der Waals surface area (Å²) in [5, 5.41) is 2.72. The van der Waals surface area contributed by atoms with Gasteiger partial charge < -0.3 is 9.73 Å². The van der Waals surface area contributed by atoms with Crippen molar-refractivity contribution in [3.05, 3.63) is 17.9 Å². The van der Waals surface area contributed by atoms with E-state index in [1.54, 1.807) is 13.1 Å². The van der Waals surface area contributed by atoms with Gasteiger partial charge in [0.2, 0.25) is 5.09 Å². The van der Waals surface area contributed by atoms with Crippen molar-refractivity contribution in [2.24, 2.45) is 0 Å². The molecule has 0 bridgehead atoms. The number of furan rings is 1. The maximum atomic E-state index is 12.1. The van der Waals surface area contributed by atoms with Crippen LogP contribution in [-0.4, -0.2) is 41.4 Å². The lowest BCUT2D eigenvalue weighted by Gasteiger charge is -2.22. The Hall–Kier alpha value is -0.900. The third-order valence-corrected chi connectivity index (χ3v) is 6.24. The third-order valence-electron chi connectivity index (χ3n) is 3.13. The molecule has 1 aliphatic rings. The van der Waals surface area contributed by atoms with Gasteiger partial charge in [-0.25, -0.2) is 21.6 Å². The first-order valence-corrected chi connectivity index (χ1v) is 9.59. The Morgan fingerprint density at radius 1 is 1.30 bits per heavy atom. The zero-order valence-electron chi connectivity index (χ0n) is 11.1.